The van der Waals surface area contributed by atoms with Crippen LogP contribution in [-0.2, 0) is 66.9 Å². The molecule has 0 aliphatic rings. The van der Waals surface area contributed by atoms with Gasteiger partial charge in [0.2, 0.25) is 0 Å². The fraction of sp³-hybridized carbons (Fsp3) is 0.294. The van der Waals surface area contributed by atoms with Crippen molar-refractivity contribution in [3.05, 3.63) is 116 Å². The van der Waals surface area contributed by atoms with Crippen LogP contribution in [0.15, 0.2) is 36.4 Å². The van der Waals surface area contributed by atoms with Gasteiger partial charge in [-0.2, -0.15) is 73.8 Å². The van der Waals surface area contributed by atoms with E-state index in [1.165, 1.54) is 55.6 Å². The molecule has 0 aliphatic heterocycles. The monoisotopic (exact) mass is 714 g/mol. The first-order valence-corrected chi connectivity index (χ1v) is 13.1. The van der Waals surface area contributed by atoms with Crippen molar-refractivity contribution in [2.24, 2.45) is 0 Å². The van der Waals surface area contributed by atoms with E-state index in [-0.39, 0.29) is 35.4 Å². The van der Waals surface area contributed by atoms with Crippen LogP contribution in [0.1, 0.15) is 55.6 Å². The van der Waals surface area contributed by atoms with Gasteiger partial charge in [-0.1, -0.05) is 69.2 Å². The van der Waals surface area contributed by atoms with Gasteiger partial charge in [0.05, 0.1) is 0 Å². The Balaban J connectivity index is -0.000000207. The minimum absolute atomic E-state index is 0. The molecular weight excluding hydrogens is 675 g/mol. The minimum atomic E-state index is -0.380. The van der Waals surface area contributed by atoms with E-state index in [1.54, 1.807) is 6.07 Å². The van der Waals surface area contributed by atoms with Crippen molar-refractivity contribution in [2.45, 2.75) is 69.2 Å². The van der Waals surface area contributed by atoms with Gasteiger partial charge < -0.3 is 39.9 Å². The van der Waals surface area contributed by atoms with Crippen molar-refractivity contribution in [2.75, 3.05) is 0 Å². The molecule has 4 aromatic rings. The molecule has 0 heterocycles. The number of hydrogen-bond acceptors (Lipinski definition) is 4. The second-order valence-electron chi connectivity index (χ2n) is 8.45. The molecule has 4 nitrogen and oxygen atoms in total. The van der Waals surface area contributed by atoms with Crippen molar-refractivity contribution >= 4 is 22.8 Å². The van der Waals surface area contributed by atoms with Crippen LogP contribution in [0.4, 0.5) is 0 Å². The van der Waals surface area contributed by atoms with Crippen LogP contribution in [-0.4, -0.2) is 33.0 Å². The Kier molecular flexibility index (Phi) is 30.7. The molecule has 0 fully saturated rings. The van der Waals surface area contributed by atoms with Crippen molar-refractivity contribution in [3.63, 3.8) is 0 Å². The molecular formula is C34H40Fe2O4Zr-10. The smallest absolute Gasteiger partial charge is 0 e. The van der Waals surface area contributed by atoms with Crippen LogP contribution in [0.2, 0.25) is 0 Å². The van der Waals surface area contributed by atoms with Crippen LogP contribution in [0, 0.1) is 93.5 Å². The van der Waals surface area contributed by atoms with E-state index in [2.05, 4.69) is 138 Å². The summed E-state index contributed by atoms with van der Waals surface area (Å²) in [6.07, 6.45) is 0. The SMILES string of the molecule is Cc1c(C)c(C)[c-](C)c1C.Cc1c(C)c(C)[c-](C)c1C.O[C](=[Fe])[C](O)=[Fe].[CH-]=O.[CH-]=O.[Zr].[c-]1[c-][c-][cH-][c-]1.c1cc[cH-]c1. The van der Waals surface area contributed by atoms with Gasteiger partial charge in [-0.3, -0.25) is 13.6 Å². The Hall–Kier alpha value is -1.68. The van der Waals surface area contributed by atoms with Crippen LogP contribution in [0.5, 0.6) is 0 Å². The Labute approximate surface area is 283 Å². The molecule has 0 aliphatic carbocycles. The third kappa shape index (κ3) is 18.5. The second-order valence-corrected chi connectivity index (χ2v) is 9.50. The number of hydrogen-bond donors (Lipinski definition) is 2. The summed E-state index contributed by atoms with van der Waals surface area (Å²) in [5, 5.41) is 16.2. The van der Waals surface area contributed by atoms with E-state index >= 15 is 0 Å². The summed E-state index contributed by atoms with van der Waals surface area (Å²) in [4.78, 5) is 15.5. The van der Waals surface area contributed by atoms with Crippen molar-refractivity contribution in [1.82, 2.24) is 0 Å². The van der Waals surface area contributed by atoms with Crippen LogP contribution < -0.4 is 0 Å². The van der Waals surface area contributed by atoms with Gasteiger partial charge in [0.15, 0.2) is 0 Å². The third-order valence-electron chi connectivity index (χ3n) is 6.69. The zero-order chi connectivity index (χ0) is 32.0. The van der Waals surface area contributed by atoms with Gasteiger partial charge in [-0.15, -0.1) is 0 Å². The summed E-state index contributed by atoms with van der Waals surface area (Å²) < 4.78 is -0.759. The first-order chi connectivity index (χ1) is 18.7. The van der Waals surface area contributed by atoms with Crippen LogP contribution in [0.3, 0.4) is 0 Å². The summed E-state index contributed by atoms with van der Waals surface area (Å²) in [6.45, 7) is 28.5. The first-order valence-electron chi connectivity index (χ1n) is 12.0. The summed E-state index contributed by atoms with van der Waals surface area (Å²) in [5.74, 6) is 0. The molecule has 7 heteroatoms. The Morgan fingerprint density at radius 1 is 0.659 bits per heavy atom. The largest absolute Gasteiger partial charge is 0.999 e. The molecule has 0 aromatic heterocycles. The third-order valence-corrected chi connectivity index (χ3v) is 7.44. The fourth-order valence-electron chi connectivity index (χ4n) is 3.31. The van der Waals surface area contributed by atoms with E-state index in [0.717, 1.165) is 0 Å². The van der Waals surface area contributed by atoms with E-state index in [9.17, 15) is 0 Å². The average molecular weight is 716 g/mol. The number of aliphatic hydroxyl groups excluding tert-OH is 2. The van der Waals surface area contributed by atoms with Gasteiger partial charge in [0, 0.05) is 26.2 Å². The van der Waals surface area contributed by atoms with Crippen LogP contribution >= 0.6 is 0 Å². The number of aliphatic hydroxyl groups is 2. The average Bonchev–Trinajstić information content (AvgIpc) is 3.79. The number of carbonyl (C=O) groups excluding carboxylic acids is 2. The molecule has 0 bridgehead atoms. The summed E-state index contributed by atoms with van der Waals surface area (Å²) >= 11 is 5.92. The number of rotatable bonds is 1. The van der Waals surface area contributed by atoms with Gasteiger partial charge >= 0.3 is 50.6 Å². The Bertz CT molecular complexity index is 923. The molecule has 230 valence electrons. The molecule has 2 N–H and O–H groups in total. The van der Waals surface area contributed by atoms with E-state index in [1.807, 2.05) is 30.3 Å². The second kappa shape index (κ2) is 27.2. The van der Waals surface area contributed by atoms with Gasteiger partial charge in [-0.25, -0.2) is 12.1 Å². The standard InChI is InChI=1S/2C10H15.C5H5.C5H.C2H2O2.2CHO.2Fe.Zr/c2*1-6-7(2)9(4)10(5)8(6)3;2*1-2-4-5-3-1;3-1-2-4;2*1-2;;;/h2*1-5H3;1-5H;1H;3-4H;2*1H;;;/q3*-1;-5;;2*-1;;;. The quantitative estimate of drug-likeness (QED) is 0.135. The first kappa shape index (κ1) is 46.3. The van der Waals surface area contributed by atoms with Gasteiger partial charge in [0.25, 0.3) is 0 Å². The predicted octanol–water partition coefficient (Wildman–Crippen LogP) is 6.44. The normalized spacial score (nSPS) is 8.44. The molecule has 4 aromatic carbocycles. The maximum Gasteiger partial charge on any atom is 0 e. The van der Waals surface area contributed by atoms with E-state index in [4.69, 9.17) is 19.8 Å². The zero-order valence-corrected chi connectivity index (χ0v) is 30.2. The molecule has 0 saturated heterocycles. The fourth-order valence-corrected chi connectivity index (χ4v) is 3.31. The molecule has 0 spiro atoms. The van der Waals surface area contributed by atoms with Gasteiger partial charge in [-0.05, 0) is 0 Å². The van der Waals surface area contributed by atoms with Crippen LogP contribution in [0.25, 0.3) is 0 Å². The van der Waals surface area contributed by atoms with Gasteiger partial charge in [0.1, 0.15) is 0 Å². The molecule has 4 rings (SSSR count). The molecule has 0 atom stereocenters. The summed E-state index contributed by atoms with van der Waals surface area (Å²) in [6, 6.07) is 22.0. The maximum atomic E-state index is 8.09. The molecule has 0 unspecified atom stereocenters. The van der Waals surface area contributed by atoms with Crippen molar-refractivity contribution in [1.29, 1.82) is 0 Å². The van der Waals surface area contributed by atoms with E-state index < -0.39 is 0 Å². The predicted molar refractivity (Wildman–Crippen MR) is 158 cm³/mol. The molecule has 41 heavy (non-hydrogen) atoms. The van der Waals surface area contributed by atoms with Crippen molar-refractivity contribution in [3.8, 4) is 0 Å². The Morgan fingerprint density at radius 3 is 0.976 bits per heavy atom. The van der Waals surface area contributed by atoms with E-state index in [0.29, 0.717) is 0 Å². The summed E-state index contributed by atoms with van der Waals surface area (Å²) in [5.41, 5.74) is 14.7. The van der Waals surface area contributed by atoms with Crippen molar-refractivity contribution < 1.29 is 77.2 Å². The zero-order valence-electron chi connectivity index (χ0n) is 25.5. The molecule has 0 radical (unpaired) electrons. The molecule has 0 saturated carbocycles. The minimum Gasteiger partial charge on any atom is -0.999 e. The Morgan fingerprint density at radius 2 is 0.902 bits per heavy atom. The molecule has 0 amide bonds. The topological polar surface area (TPSA) is 74.6 Å². The maximum absolute atomic E-state index is 8.09. The summed E-state index contributed by atoms with van der Waals surface area (Å²) in [7, 11) is 0.